The summed E-state index contributed by atoms with van der Waals surface area (Å²) in [6.07, 6.45) is 7.44. The van der Waals surface area contributed by atoms with E-state index in [0.717, 1.165) is 16.5 Å². The van der Waals surface area contributed by atoms with Gasteiger partial charge in [-0.3, -0.25) is 9.59 Å². The Kier molecular flexibility index (Phi) is 7.09. The predicted molar refractivity (Wildman–Crippen MR) is 119 cm³/mol. The molecular weight excluding hydrogens is 421 g/mol. The first-order chi connectivity index (χ1) is 14.8. The Morgan fingerprint density at radius 1 is 1.26 bits per heavy atom. The van der Waals surface area contributed by atoms with Crippen LogP contribution in [0.25, 0.3) is 0 Å². The zero-order valence-electron chi connectivity index (χ0n) is 16.4. The van der Waals surface area contributed by atoms with E-state index in [1.807, 2.05) is 18.2 Å². The number of aliphatic carboxylic acids is 1. The van der Waals surface area contributed by atoms with Crippen LogP contribution in [-0.4, -0.2) is 26.5 Å². The molecule has 1 aliphatic carbocycles. The van der Waals surface area contributed by atoms with Crippen molar-refractivity contribution < 1.29 is 19.1 Å². The molecule has 2 amide bonds. The Labute approximate surface area is 182 Å². The summed E-state index contributed by atoms with van der Waals surface area (Å²) < 4.78 is 15.0. The summed E-state index contributed by atoms with van der Waals surface area (Å²) in [5.41, 5.74) is 0.727. The molecular formula is C22H20FN3O4S. The number of nitrogens with zero attached hydrogens (tertiary/aromatic N) is 1. The Balaban J connectivity index is 1.75. The van der Waals surface area contributed by atoms with Crippen LogP contribution in [0.4, 0.5) is 14.9 Å². The highest BCUT2D eigenvalue weighted by molar-refractivity contribution is 7.80. The number of aromatic nitrogens is 1. The van der Waals surface area contributed by atoms with Gasteiger partial charge in [0.25, 0.3) is 5.56 Å². The van der Waals surface area contributed by atoms with E-state index in [4.69, 9.17) is 17.3 Å². The highest BCUT2D eigenvalue weighted by Crippen LogP contribution is 2.18. The number of carbonyl (C=O) groups is 2. The molecule has 3 N–H and O–H groups in total. The van der Waals surface area contributed by atoms with Crippen molar-refractivity contribution in [1.29, 1.82) is 0 Å². The fourth-order valence-electron chi connectivity index (χ4n) is 3.13. The number of amides is 2. The summed E-state index contributed by atoms with van der Waals surface area (Å²) in [5, 5.41) is 14.1. The molecule has 31 heavy (non-hydrogen) atoms. The van der Waals surface area contributed by atoms with Gasteiger partial charge in [-0.25, -0.2) is 9.18 Å². The Bertz CT molecular complexity index is 1140. The third-order valence-electron chi connectivity index (χ3n) is 4.64. The lowest BCUT2D eigenvalue weighted by Crippen LogP contribution is -2.36. The van der Waals surface area contributed by atoms with Crippen LogP contribution in [0.15, 0.2) is 71.2 Å². The van der Waals surface area contributed by atoms with E-state index in [1.54, 1.807) is 12.3 Å². The highest BCUT2D eigenvalue weighted by atomic mass is 32.1. The molecule has 0 saturated carbocycles. The molecule has 1 aromatic heterocycles. The van der Waals surface area contributed by atoms with Crippen molar-refractivity contribution in [2.24, 2.45) is 0 Å². The van der Waals surface area contributed by atoms with E-state index in [9.17, 15) is 18.8 Å². The number of urea groups is 1. The van der Waals surface area contributed by atoms with E-state index < -0.39 is 35.8 Å². The zero-order valence-corrected chi connectivity index (χ0v) is 17.2. The molecule has 0 spiro atoms. The van der Waals surface area contributed by atoms with E-state index in [-0.39, 0.29) is 12.2 Å². The maximum absolute atomic E-state index is 13.5. The van der Waals surface area contributed by atoms with Crippen molar-refractivity contribution in [1.82, 2.24) is 9.88 Å². The second-order valence-corrected chi connectivity index (χ2v) is 7.40. The van der Waals surface area contributed by atoms with Gasteiger partial charge in [0.2, 0.25) is 0 Å². The number of anilines is 1. The van der Waals surface area contributed by atoms with Crippen molar-refractivity contribution in [2.75, 3.05) is 5.32 Å². The largest absolute Gasteiger partial charge is 0.481 e. The van der Waals surface area contributed by atoms with Crippen molar-refractivity contribution in [3.8, 4) is 0 Å². The van der Waals surface area contributed by atoms with Gasteiger partial charge in [-0.05, 0) is 35.4 Å². The van der Waals surface area contributed by atoms with Gasteiger partial charge in [-0.1, -0.05) is 42.6 Å². The fourth-order valence-corrected chi connectivity index (χ4v) is 3.36. The molecule has 0 fully saturated rings. The molecule has 1 atom stereocenters. The topological polar surface area (TPSA) is 100 Å². The first-order valence-corrected chi connectivity index (χ1v) is 9.87. The number of carboxylic acids is 1. The summed E-state index contributed by atoms with van der Waals surface area (Å²) in [4.78, 5) is 37.2. The lowest BCUT2D eigenvalue weighted by atomic mass is 10.0. The van der Waals surface area contributed by atoms with Crippen LogP contribution >= 0.6 is 12.2 Å². The molecule has 0 aliphatic heterocycles. The van der Waals surface area contributed by atoms with Crippen LogP contribution in [0.1, 0.15) is 24.4 Å². The molecule has 2 aromatic rings. The molecule has 1 heterocycles. The quantitative estimate of drug-likeness (QED) is 0.571. The Morgan fingerprint density at radius 2 is 2.06 bits per heavy atom. The SMILES string of the molecule is O=C(O)C[C@H](NC(=O)Nc1cccn(CC2=CC=CCC2=S)c1=O)c1cccc(F)c1. The van der Waals surface area contributed by atoms with Crippen molar-refractivity contribution in [3.63, 3.8) is 0 Å². The number of nitrogens with one attached hydrogen (secondary N) is 2. The van der Waals surface area contributed by atoms with E-state index in [2.05, 4.69) is 10.6 Å². The maximum Gasteiger partial charge on any atom is 0.319 e. The average Bonchev–Trinajstić information content (AvgIpc) is 2.72. The van der Waals surface area contributed by atoms with Crippen LogP contribution < -0.4 is 16.2 Å². The summed E-state index contributed by atoms with van der Waals surface area (Å²) in [5.74, 6) is -1.71. The second kappa shape index (κ2) is 9.94. The molecule has 0 unspecified atom stereocenters. The minimum atomic E-state index is -1.16. The molecule has 9 heteroatoms. The average molecular weight is 441 g/mol. The van der Waals surface area contributed by atoms with Gasteiger partial charge in [0.1, 0.15) is 11.5 Å². The number of pyridine rings is 1. The second-order valence-electron chi connectivity index (χ2n) is 6.91. The number of thiocarbonyl (C=S) groups is 1. The van der Waals surface area contributed by atoms with Crippen LogP contribution in [0, 0.1) is 5.82 Å². The number of carboxylic acid groups (broad SMARTS) is 1. The van der Waals surface area contributed by atoms with Gasteiger partial charge in [0.05, 0.1) is 19.0 Å². The third-order valence-corrected chi connectivity index (χ3v) is 5.07. The monoisotopic (exact) mass is 441 g/mol. The first-order valence-electron chi connectivity index (χ1n) is 9.46. The molecule has 3 rings (SSSR count). The first kappa shape index (κ1) is 22.1. The van der Waals surface area contributed by atoms with Gasteiger partial charge < -0.3 is 20.3 Å². The highest BCUT2D eigenvalue weighted by Gasteiger charge is 2.19. The standard InChI is InChI=1S/C22H20FN3O4S/c23-16-7-3-6-14(11-16)18(12-20(27)28)25-22(30)24-17-8-4-10-26(21(17)29)13-15-5-1-2-9-19(15)31/h1-8,10-11,18H,9,12-13H2,(H,27,28)(H2,24,25,30)/t18-/m0/s1. The molecule has 0 radical (unpaired) electrons. The summed E-state index contributed by atoms with van der Waals surface area (Å²) >= 11 is 5.32. The lowest BCUT2D eigenvalue weighted by molar-refractivity contribution is -0.137. The lowest BCUT2D eigenvalue weighted by Gasteiger charge is -2.18. The van der Waals surface area contributed by atoms with Crippen LogP contribution in [0.3, 0.4) is 0 Å². The zero-order chi connectivity index (χ0) is 22.4. The normalized spacial score (nSPS) is 14.0. The van der Waals surface area contributed by atoms with E-state index in [0.29, 0.717) is 12.0 Å². The molecule has 160 valence electrons. The van der Waals surface area contributed by atoms with Crippen molar-refractivity contribution >= 4 is 34.8 Å². The minimum absolute atomic E-state index is 0.0196. The van der Waals surface area contributed by atoms with E-state index in [1.165, 1.54) is 28.8 Å². The molecule has 0 bridgehead atoms. The number of halogens is 1. The van der Waals surface area contributed by atoms with Crippen molar-refractivity contribution in [2.45, 2.75) is 25.4 Å². The van der Waals surface area contributed by atoms with Crippen LogP contribution in [0.2, 0.25) is 0 Å². The summed E-state index contributed by atoms with van der Waals surface area (Å²) in [7, 11) is 0. The van der Waals surface area contributed by atoms with Crippen LogP contribution in [0.5, 0.6) is 0 Å². The molecule has 1 aromatic carbocycles. The third kappa shape index (κ3) is 5.95. The molecule has 0 saturated heterocycles. The molecule has 7 nitrogen and oxygen atoms in total. The van der Waals surface area contributed by atoms with Crippen LogP contribution in [-0.2, 0) is 11.3 Å². The maximum atomic E-state index is 13.5. The number of carbonyl (C=O) groups excluding carboxylic acids is 1. The van der Waals surface area contributed by atoms with Gasteiger partial charge >= 0.3 is 12.0 Å². The Morgan fingerprint density at radius 3 is 2.77 bits per heavy atom. The Hall–Kier alpha value is -3.59. The summed E-state index contributed by atoms with van der Waals surface area (Å²) in [6, 6.07) is 6.61. The summed E-state index contributed by atoms with van der Waals surface area (Å²) in [6.45, 7) is 0.268. The van der Waals surface area contributed by atoms with Gasteiger partial charge in [-0.15, -0.1) is 0 Å². The minimum Gasteiger partial charge on any atom is -0.481 e. The number of allylic oxidation sites excluding steroid dienone is 4. The number of rotatable bonds is 7. The number of hydrogen-bond acceptors (Lipinski definition) is 4. The van der Waals surface area contributed by atoms with Gasteiger partial charge in [0.15, 0.2) is 0 Å². The smallest absolute Gasteiger partial charge is 0.319 e. The number of benzene rings is 1. The fraction of sp³-hybridized carbons (Fsp3) is 0.182. The predicted octanol–water partition coefficient (Wildman–Crippen LogP) is 3.58. The van der Waals surface area contributed by atoms with Gasteiger partial charge in [-0.2, -0.15) is 0 Å². The van der Waals surface area contributed by atoms with E-state index >= 15 is 0 Å². The van der Waals surface area contributed by atoms with Gasteiger partial charge in [0, 0.05) is 17.5 Å². The number of hydrogen-bond donors (Lipinski definition) is 3. The molecule has 1 aliphatic rings. The van der Waals surface area contributed by atoms with Crippen molar-refractivity contribution in [3.05, 3.63) is 88.1 Å².